The van der Waals surface area contributed by atoms with Crippen LogP contribution >= 0.6 is 15.9 Å². The van der Waals surface area contributed by atoms with Crippen LogP contribution in [0.2, 0.25) is 0 Å². The zero-order valence-electron chi connectivity index (χ0n) is 12.5. The highest BCUT2D eigenvalue weighted by Crippen LogP contribution is 2.34. The fraction of sp³-hybridized carbons (Fsp3) is 0.286. The Morgan fingerprint density at radius 2 is 2.27 bits per heavy atom. The van der Waals surface area contributed by atoms with Crippen molar-refractivity contribution in [1.29, 1.82) is 0 Å². The Morgan fingerprint density at radius 3 is 2.95 bits per heavy atom. The lowest BCUT2D eigenvalue weighted by molar-refractivity contribution is 0.0958. The number of aromatic nitrogens is 2. The van der Waals surface area contributed by atoms with Gasteiger partial charge in [0.1, 0.15) is 19.7 Å². The van der Waals surface area contributed by atoms with Gasteiger partial charge in [0.05, 0.1) is 17.2 Å². The number of hydrogen-bond donors (Lipinski definition) is 1. The molecular weight excluding hydrogens is 349 g/mol. The highest BCUT2D eigenvalue weighted by Gasteiger charge is 2.31. The van der Waals surface area contributed by atoms with Gasteiger partial charge < -0.3 is 9.84 Å². The van der Waals surface area contributed by atoms with E-state index in [0.29, 0.717) is 33.6 Å². The summed E-state index contributed by atoms with van der Waals surface area (Å²) >= 11 is 3.28. The van der Waals surface area contributed by atoms with Gasteiger partial charge in [0.15, 0.2) is 11.6 Å². The van der Waals surface area contributed by atoms with Crippen LogP contribution in [0.25, 0.3) is 0 Å². The maximum absolute atomic E-state index is 12.9. The van der Waals surface area contributed by atoms with Crippen LogP contribution in [0, 0.1) is 0 Å². The molecule has 1 aliphatic heterocycles. The lowest BCUT2D eigenvalue weighted by Crippen LogP contribution is -2.43. The average Bonchev–Trinajstić information content (AvgIpc) is 2.84. The fourth-order valence-electron chi connectivity index (χ4n) is 2.59. The molecule has 0 saturated heterocycles. The number of amides is 1. The summed E-state index contributed by atoms with van der Waals surface area (Å²) < 4.78 is 7.84. The third-order valence-electron chi connectivity index (χ3n) is 3.64. The molecule has 1 aromatic carbocycles. The summed E-state index contributed by atoms with van der Waals surface area (Å²) in [5, 5.41) is 14.0. The predicted molar refractivity (Wildman–Crippen MR) is 89.0 cm³/mol. The van der Waals surface area contributed by atoms with Crippen molar-refractivity contribution in [1.82, 2.24) is 9.78 Å². The standard InChI is InChI=1S/C14H15BBrN3O3/c1-7-6-19(13-11(22-7)5-17-18(13)2)14(21)8-3-9(15)12(20)10(16)4-8/h3-5,7,20H,6,15H2,1-2H3/t7-/m0/s1. The molecule has 114 valence electrons. The Hall–Kier alpha value is -1.96. The Kier molecular flexibility index (Phi) is 3.64. The third-order valence-corrected chi connectivity index (χ3v) is 4.25. The minimum absolute atomic E-state index is 0.109. The second-order valence-corrected chi connectivity index (χ2v) is 6.28. The van der Waals surface area contributed by atoms with Crippen LogP contribution in [-0.2, 0) is 7.05 Å². The molecule has 8 heteroatoms. The lowest BCUT2D eigenvalue weighted by Gasteiger charge is -2.31. The number of benzene rings is 1. The number of carbonyl (C=O) groups excluding carboxylic acids is 1. The first-order valence-electron chi connectivity index (χ1n) is 6.88. The highest BCUT2D eigenvalue weighted by molar-refractivity contribution is 9.10. The number of phenols is 1. The van der Waals surface area contributed by atoms with Gasteiger partial charge in [0, 0.05) is 12.6 Å². The Labute approximate surface area is 137 Å². The molecule has 2 heterocycles. The molecule has 1 N–H and O–H groups in total. The van der Waals surface area contributed by atoms with E-state index in [0.717, 1.165) is 0 Å². The molecule has 0 fully saturated rings. The van der Waals surface area contributed by atoms with E-state index < -0.39 is 0 Å². The molecular formula is C14H15BBrN3O3. The summed E-state index contributed by atoms with van der Waals surface area (Å²) in [6, 6.07) is 3.30. The van der Waals surface area contributed by atoms with Gasteiger partial charge in [-0.05, 0) is 34.4 Å². The number of anilines is 1. The smallest absolute Gasteiger partial charge is 0.259 e. The molecule has 0 saturated carbocycles. The molecule has 22 heavy (non-hydrogen) atoms. The van der Waals surface area contributed by atoms with Crippen LogP contribution in [0.15, 0.2) is 22.8 Å². The number of aryl methyl sites for hydroxylation is 1. The van der Waals surface area contributed by atoms with Crippen LogP contribution in [-0.4, -0.2) is 41.3 Å². The Morgan fingerprint density at radius 1 is 1.55 bits per heavy atom. The summed E-state index contributed by atoms with van der Waals surface area (Å²) in [6.45, 7) is 2.36. The largest absolute Gasteiger partial charge is 0.507 e. The van der Waals surface area contributed by atoms with E-state index in [1.165, 1.54) is 0 Å². The first-order chi connectivity index (χ1) is 10.4. The molecule has 0 unspecified atom stereocenters. The van der Waals surface area contributed by atoms with Gasteiger partial charge in [0.25, 0.3) is 5.91 Å². The minimum Gasteiger partial charge on any atom is -0.507 e. The Bertz CT molecular complexity index is 739. The number of nitrogens with zero attached hydrogens (tertiary/aromatic N) is 3. The Balaban J connectivity index is 2.04. The van der Waals surface area contributed by atoms with E-state index in [9.17, 15) is 9.90 Å². The van der Waals surface area contributed by atoms with Gasteiger partial charge in [-0.2, -0.15) is 5.10 Å². The van der Waals surface area contributed by atoms with Crippen LogP contribution in [0.3, 0.4) is 0 Å². The topological polar surface area (TPSA) is 67.6 Å². The second-order valence-electron chi connectivity index (χ2n) is 5.42. The van der Waals surface area contributed by atoms with Gasteiger partial charge in [0.2, 0.25) is 0 Å². The van der Waals surface area contributed by atoms with Gasteiger partial charge >= 0.3 is 0 Å². The molecule has 1 aromatic heterocycles. The highest BCUT2D eigenvalue weighted by atomic mass is 79.9. The summed E-state index contributed by atoms with van der Waals surface area (Å²) in [6.07, 6.45) is 1.51. The number of fused-ring (bicyclic) bond motifs is 1. The van der Waals surface area contributed by atoms with Gasteiger partial charge in [-0.1, -0.05) is 6.07 Å². The van der Waals surface area contributed by atoms with E-state index in [1.807, 2.05) is 6.92 Å². The van der Waals surface area contributed by atoms with Crippen LogP contribution < -0.4 is 15.1 Å². The zero-order valence-corrected chi connectivity index (χ0v) is 14.1. The van der Waals surface area contributed by atoms with Crippen molar-refractivity contribution in [3.8, 4) is 11.5 Å². The third kappa shape index (κ3) is 2.37. The van der Waals surface area contributed by atoms with Crippen LogP contribution in [0.4, 0.5) is 5.82 Å². The van der Waals surface area contributed by atoms with Crippen molar-refractivity contribution in [2.45, 2.75) is 13.0 Å². The monoisotopic (exact) mass is 363 g/mol. The van der Waals surface area contributed by atoms with Crippen molar-refractivity contribution < 1.29 is 14.6 Å². The van der Waals surface area contributed by atoms with E-state index >= 15 is 0 Å². The predicted octanol–water partition coefficient (Wildman–Crippen LogP) is 0.574. The van der Waals surface area contributed by atoms with E-state index in [4.69, 9.17) is 4.74 Å². The number of carbonyl (C=O) groups is 1. The molecule has 6 nitrogen and oxygen atoms in total. The molecule has 0 radical (unpaired) electrons. The summed E-state index contributed by atoms with van der Waals surface area (Å²) in [4.78, 5) is 14.6. The molecule has 0 aliphatic carbocycles. The first-order valence-corrected chi connectivity index (χ1v) is 7.67. The van der Waals surface area contributed by atoms with Crippen molar-refractivity contribution in [2.75, 3.05) is 11.4 Å². The number of hydrogen-bond acceptors (Lipinski definition) is 4. The van der Waals surface area contributed by atoms with Crippen molar-refractivity contribution >= 4 is 41.0 Å². The summed E-state index contributed by atoms with van der Waals surface area (Å²) in [5.74, 6) is 1.24. The zero-order chi connectivity index (χ0) is 16.0. The van der Waals surface area contributed by atoms with Crippen molar-refractivity contribution in [3.05, 3.63) is 28.4 Å². The van der Waals surface area contributed by atoms with Crippen molar-refractivity contribution in [3.63, 3.8) is 0 Å². The maximum Gasteiger partial charge on any atom is 0.259 e. The molecule has 1 atom stereocenters. The maximum atomic E-state index is 12.9. The first kappa shape index (κ1) is 15.0. The van der Waals surface area contributed by atoms with Crippen LogP contribution in [0.5, 0.6) is 11.5 Å². The fourth-order valence-corrected chi connectivity index (χ4v) is 3.15. The van der Waals surface area contributed by atoms with Crippen LogP contribution in [0.1, 0.15) is 17.3 Å². The molecule has 1 aliphatic rings. The van der Waals surface area contributed by atoms with E-state index in [2.05, 4.69) is 21.0 Å². The number of phenolic OH excluding ortho intramolecular Hbond substituents is 1. The van der Waals surface area contributed by atoms with E-state index in [1.54, 1.807) is 42.8 Å². The summed E-state index contributed by atoms with van der Waals surface area (Å²) in [7, 11) is 3.53. The number of rotatable bonds is 1. The number of ether oxygens (including phenoxy) is 1. The minimum atomic E-state index is -0.149. The SMILES string of the molecule is Bc1cc(C(=O)N2C[C@H](C)Oc3cnn(C)c32)cc(Br)c1O. The molecule has 1 amide bonds. The molecule has 0 spiro atoms. The second kappa shape index (κ2) is 5.35. The van der Waals surface area contributed by atoms with Crippen molar-refractivity contribution in [2.24, 2.45) is 7.05 Å². The number of halogens is 1. The lowest BCUT2D eigenvalue weighted by atomic mass is 9.93. The average molecular weight is 364 g/mol. The number of aromatic hydroxyl groups is 1. The van der Waals surface area contributed by atoms with Gasteiger partial charge in [-0.15, -0.1) is 0 Å². The molecule has 2 aromatic rings. The summed E-state index contributed by atoms with van der Waals surface area (Å²) in [5.41, 5.74) is 1.15. The normalized spacial score (nSPS) is 17.0. The molecule has 0 bridgehead atoms. The van der Waals surface area contributed by atoms with E-state index in [-0.39, 0.29) is 17.8 Å². The molecule has 3 rings (SSSR count). The quantitative estimate of drug-likeness (QED) is 0.752. The van der Waals surface area contributed by atoms with Gasteiger partial charge in [-0.3, -0.25) is 9.69 Å². The van der Waals surface area contributed by atoms with Gasteiger partial charge in [-0.25, -0.2) is 4.68 Å².